The highest BCUT2D eigenvalue weighted by atomic mass is 16.5. The lowest BCUT2D eigenvalue weighted by molar-refractivity contribution is 0.0956. The highest BCUT2D eigenvalue weighted by Crippen LogP contribution is 2.25. The number of pyridine rings is 1. The molecule has 0 fully saturated rings. The lowest BCUT2D eigenvalue weighted by Gasteiger charge is -2.09. The van der Waals surface area contributed by atoms with Gasteiger partial charge in [0.2, 0.25) is 0 Å². The van der Waals surface area contributed by atoms with E-state index in [0.717, 1.165) is 33.3 Å². The molecule has 0 radical (unpaired) electrons. The minimum absolute atomic E-state index is 0.304. The Bertz CT molecular complexity index is 1620. The van der Waals surface area contributed by atoms with Gasteiger partial charge in [-0.1, -0.05) is 66.7 Å². The molecule has 5 rings (SSSR count). The van der Waals surface area contributed by atoms with E-state index in [2.05, 4.69) is 16.6 Å². The largest absolute Gasteiger partial charge is 0.489 e. The number of nitrogens with one attached hydrogen (secondary N) is 1. The van der Waals surface area contributed by atoms with Crippen molar-refractivity contribution in [1.29, 1.82) is 5.26 Å². The number of ether oxygens (including phenoxy) is 1. The van der Waals surface area contributed by atoms with E-state index in [1.54, 1.807) is 18.3 Å². The van der Waals surface area contributed by atoms with E-state index in [4.69, 9.17) is 9.72 Å². The number of benzene rings is 4. The SMILES string of the molecule is N#Cc1ccccc1COc1ccc(/C=N/NC(=O)c2cc(-c3ccccc3)nc3ccccc23)cc1. The summed E-state index contributed by atoms with van der Waals surface area (Å²) in [5.41, 5.74) is 7.76. The second-order valence-electron chi connectivity index (χ2n) is 8.26. The first kappa shape index (κ1) is 23.5. The number of para-hydroxylation sites is 1. The molecule has 6 heteroatoms. The van der Waals surface area contributed by atoms with Crippen LogP contribution in [0.3, 0.4) is 0 Å². The zero-order valence-corrected chi connectivity index (χ0v) is 19.8. The number of nitrogens with zero attached hydrogens (tertiary/aromatic N) is 3. The Morgan fingerprint density at radius 2 is 1.65 bits per heavy atom. The average Bonchev–Trinajstić information content (AvgIpc) is 2.96. The zero-order valence-electron chi connectivity index (χ0n) is 19.8. The molecule has 6 nitrogen and oxygen atoms in total. The number of hydrogen-bond acceptors (Lipinski definition) is 5. The second-order valence-corrected chi connectivity index (χ2v) is 8.26. The lowest BCUT2D eigenvalue weighted by atomic mass is 10.0. The van der Waals surface area contributed by atoms with Gasteiger partial charge in [0.1, 0.15) is 12.4 Å². The summed E-state index contributed by atoms with van der Waals surface area (Å²) in [6, 6.07) is 36.0. The lowest BCUT2D eigenvalue weighted by Crippen LogP contribution is -2.18. The Labute approximate surface area is 214 Å². The summed E-state index contributed by atoms with van der Waals surface area (Å²) in [5, 5.41) is 14.1. The molecule has 0 bridgehead atoms. The van der Waals surface area contributed by atoms with Crippen molar-refractivity contribution in [1.82, 2.24) is 10.4 Å². The molecule has 0 saturated carbocycles. The summed E-state index contributed by atoms with van der Waals surface area (Å²) >= 11 is 0. The van der Waals surface area contributed by atoms with Crippen LogP contribution in [0.15, 0.2) is 114 Å². The van der Waals surface area contributed by atoms with E-state index in [9.17, 15) is 10.1 Å². The summed E-state index contributed by atoms with van der Waals surface area (Å²) < 4.78 is 5.81. The molecule has 0 atom stereocenters. The normalized spacial score (nSPS) is 10.8. The summed E-state index contributed by atoms with van der Waals surface area (Å²) in [5.74, 6) is 0.355. The van der Waals surface area contributed by atoms with Crippen molar-refractivity contribution in [2.75, 3.05) is 0 Å². The van der Waals surface area contributed by atoms with Crippen LogP contribution >= 0.6 is 0 Å². The van der Waals surface area contributed by atoms with Crippen LogP contribution in [0.4, 0.5) is 0 Å². The number of nitriles is 1. The van der Waals surface area contributed by atoms with Gasteiger partial charge < -0.3 is 4.74 Å². The highest BCUT2D eigenvalue weighted by molar-refractivity contribution is 6.07. The van der Waals surface area contributed by atoms with Gasteiger partial charge in [0, 0.05) is 16.5 Å². The molecular weight excluding hydrogens is 460 g/mol. The molecule has 1 heterocycles. The van der Waals surface area contributed by atoms with Crippen molar-refractivity contribution in [2.24, 2.45) is 5.10 Å². The van der Waals surface area contributed by atoms with Gasteiger partial charge in [-0.3, -0.25) is 4.79 Å². The fraction of sp³-hybridized carbons (Fsp3) is 0.0323. The summed E-state index contributed by atoms with van der Waals surface area (Å²) in [6.07, 6.45) is 1.58. The topological polar surface area (TPSA) is 87.4 Å². The van der Waals surface area contributed by atoms with Crippen LogP contribution in [0.2, 0.25) is 0 Å². The van der Waals surface area contributed by atoms with Crippen LogP contribution in [0, 0.1) is 11.3 Å². The predicted octanol–water partition coefficient (Wildman–Crippen LogP) is 6.12. The quantitative estimate of drug-likeness (QED) is 0.224. The Kier molecular flexibility index (Phi) is 6.96. The number of rotatable bonds is 7. The van der Waals surface area contributed by atoms with Crippen LogP contribution in [0.1, 0.15) is 27.0 Å². The molecule has 1 aromatic heterocycles. The number of hydrazone groups is 1. The smallest absolute Gasteiger partial charge is 0.272 e. The van der Waals surface area contributed by atoms with Gasteiger partial charge in [-0.15, -0.1) is 0 Å². The number of aromatic nitrogens is 1. The van der Waals surface area contributed by atoms with Gasteiger partial charge in [0.05, 0.1) is 34.6 Å². The molecule has 178 valence electrons. The van der Waals surface area contributed by atoms with Gasteiger partial charge in [-0.05, 0) is 48.0 Å². The summed E-state index contributed by atoms with van der Waals surface area (Å²) in [6.45, 7) is 0.304. The summed E-state index contributed by atoms with van der Waals surface area (Å²) in [7, 11) is 0. The molecule has 0 aliphatic rings. The number of hydrogen-bond donors (Lipinski definition) is 1. The maximum Gasteiger partial charge on any atom is 0.272 e. The predicted molar refractivity (Wildman–Crippen MR) is 144 cm³/mol. The van der Waals surface area contributed by atoms with E-state index < -0.39 is 0 Å². The average molecular weight is 483 g/mol. The molecule has 4 aromatic carbocycles. The number of carbonyl (C=O) groups is 1. The third-order valence-corrected chi connectivity index (χ3v) is 5.82. The molecule has 37 heavy (non-hydrogen) atoms. The fourth-order valence-corrected chi connectivity index (χ4v) is 3.91. The number of fused-ring (bicyclic) bond motifs is 1. The minimum Gasteiger partial charge on any atom is -0.489 e. The van der Waals surface area contributed by atoms with E-state index in [0.29, 0.717) is 23.5 Å². The van der Waals surface area contributed by atoms with Gasteiger partial charge in [0.25, 0.3) is 5.91 Å². The third kappa shape index (κ3) is 5.53. The Morgan fingerprint density at radius 1 is 0.919 bits per heavy atom. The Morgan fingerprint density at radius 3 is 2.46 bits per heavy atom. The van der Waals surface area contributed by atoms with Crippen LogP contribution in [-0.4, -0.2) is 17.1 Å². The van der Waals surface area contributed by atoms with Gasteiger partial charge in [0.15, 0.2) is 0 Å². The molecule has 0 aliphatic carbocycles. The maximum absolute atomic E-state index is 13.1. The monoisotopic (exact) mass is 482 g/mol. The van der Waals surface area contributed by atoms with Crippen LogP contribution in [-0.2, 0) is 6.61 Å². The summed E-state index contributed by atoms with van der Waals surface area (Å²) in [4.78, 5) is 17.8. The molecule has 0 aliphatic heterocycles. The minimum atomic E-state index is -0.317. The van der Waals surface area contributed by atoms with Crippen molar-refractivity contribution in [3.63, 3.8) is 0 Å². The molecule has 5 aromatic rings. The van der Waals surface area contributed by atoms with Crippen LogP contribution in [0.25, 0.3) is 22.2 Å². The third-order valence-electron chi connectivity index (χ3n) is 5.82. The van der Waals surface area contributed by atoms with Crippen molar-refractivity contribution < 1.29 is 9.53 Å². The van der Waals surface area contributed by atoms with E-state index >= 15 is 0 Å². The van der Waals surface area contributed by atoms with Crippen LogP contribution in [0.5, 0.6) is 5.75 Å². The van der Waals surface area contributed by atoms with Gasteiger partial charge >= 0.3 is 0 Å². The first-order chi connectivity index (χ1) is 18.2. The molecule has 0 spiro atoms. The first-order valence-corrected chi connectivity index (χ1v) is 11.7. The molecule has 1 N–H and O–H groups in total. The van der Waals surface area contributed by atoms with Gasteiger partial charge in [-0.2, -0.15) is 10.4 Å². The second kappa shape index (κ2) is 11.0. The molecule has 0 saturated heterocycles. The van der Waals surface area contributed by atoms with E-state index in [-0.39, 0.29) is 5.91 Å². The van der Waals surface area contributed by atoms with Crippen molar-refractivity contribution >= 4 is 23.0 Å². The Hall–Kier alpha value is -5.28. The zero-order chi connectivity index (χ0) is 25.5. The number of carbonyl (C=O) groups excluding carboxylic acids is 1. The van der Waals surface area contributed by atoms with Crippen molar-refractivity contribution in [3.8, 4) is 23.1 Å². The molecule has 1 amide bonds. The fourth-order valence-electron chi connectivity index (χ4n) is 3.91. The maximum atomic E-state index is 13.1. The van der Waals surface area contributed by atoms with Gasteiger partial charge in [-0.25, -0.2) is 10.4 Å². The van der Waals surface area contributed by atoms with Crippen molar-refractivity contribution in [2.45, 2.75) is 6.61 Å². The van der Waals surface area contributed by atoms with E-state index in [1.165, 1.54) is 0 Å². The standard InChI is InChI=1S/C31H22N4O2/c32-19-24-10-4-5-11-25(24)21-37-26-16-14-22(15-17-26)20-33-35-31(36)28-18-30(23-8-2-1-3-9-23)34-29-13-7-6-12-27(28)29/h1-18,20H,21H2,(H,35,36)/b33-20+. The van der Waals surface area contributed by atoms with E-state index in [1.807, 2.05) is 97.1 Å². The molecular formula is C31H22N4O2. The van der Waals surface area contributed by atoms with Crippen molar-refractivity contribution in [3.05, 3.63) is 131 Å². The van der Waals surface area contributed by atoms with Crippen LogP contribution < -0.4 is 10.2 Å². The first-order valence-electron chi connectivity index (χ1n) is 11.7. The highest BCUT2D eigenvalue weighted by Gasteiger charge is 2.13. The number of amides is 1. The molecule has 0 unspecified atom stereocenters. The Balaban J connectivity index is 1.27.